The third-order valence-corrected chi connectivity index (χ3v) is 2.99. The summed E-state index contributed by atoms with van der Waals surface area (Å²) in [4.78, 5) is 0. The lowest BCUT2D eigenvalue weighted by molar-refractivity contribution is -0.135. The summed E-state index contributed by atoms with van der Waals surface area (Å²) in [6.45, 7) is 1.03. The van der Waals surface area contributed by atoms with E-state index in [4.69, 9.17) is 23.2 Å². The van der Waals surface area contributed by atoms with Crippen molar-refractivity contribution in [2.24, 2.45) is 0 Å². The Morgan fingerprint density at radius 3 is 2.50 bits per heavy atom. The summed E-state index contributed by atoms with van der Waals surface area (Å²) in [5, 5.41) is 4.24. The van der Waals surface area contributed by atoms with E-state index in [0.717, 1.165) is 5.56 Å². The number of unbranched alkanes of at least 4 members (excludes halogenated alkanes) is 1. The second kappa shape index (κ2) is 7.22. The van der Waals surface area contributed by atoms with Gasteiger partial charge in [0.05, 0.1) is 0 Å². The van der Waals surface area contributed by atoms with Gasteiger partial charge in [0.1, 0.15) is 0 Å². The van der Waals surface area contributed by atoms with E-state index in [-0.39, 0.29) is 6.42 Å². The maximum atomic E-state index is 11.9. The lowest BCUT2D eigenvalue weighted by Gasteiger charge is -2.08. The summed E-state index contributed by atoms with van der Waals surface area (Å²) in [5.41, 5.74) is 0.847. The minimum Gasteiger partial charge on any atom is -0.313 e. The summed E-state index contributed by atoms with van der Waals surface area (Å²) in [5.74, 6) is 0. The highest BCUT2D eigenvalue weighted by atomic mass is 35.5. The van der Waals surface area contributed by atoms with Crippen molar-refractivity contribution in [3.63, 3.8) is 0 Å². The normalized spacial score (nSPS) is 11.8. The number of rotatable bonds is 6. The number of nitrogens with one attached hydrogen (secondary N) is 1. The number of hydrogen-bond acceptors (Lipinski definition) is 1. The van der Waals surface area contributed by atoms with Crippen LogP contribution in [0.25, 0.3) is 0 Å². The molecule has 0 unspecified atom stereocenters. The fraction of sp³-hybridized carbons (Fsp3) is 0.500. The van der Waals surface area contributed by atoms with Crippen LogP contribution in [0, 0.1) is 0 Å². The highest BCUT2D eigenvalue weighted by Gasteiger charge is 2.25. The third kappa shape index (κ3) is 6.47. The number of benzene rings is 1. The van der Waals surface area contributed by atoms with E-state index in [0.29, 0.717) is 29.6 Å². The van der Waals surface area contributed by atoms with Gasteiger partial charge in [0.25, 0.3) is 0 Å². The van der Waals surface area contributed by atoms with Crippen LogP contribution >= 0.6 is 23.2 Å². The van der Waals surface area contributed by atoms with Crippen LogP contribution in [-0.4, -0.2) is 12.7 Å². The molecule has 18 heavy (non-hydrogen) atoms. The van der Waals surface area contributed by atoms with Gasteiger partial charge in [0.15, 0.2) is 0 Å². The molecule has 0 radical (unpaired) electrons. The van der Waals surface area contributed by atoms with Crippen LogP contribution in [0.4, 0.5) is 13.2 Å². The molecule has 0 fully saturated rings. The highest BCUT2D eigenvalue weighted by Crippen LogP contribution is 2.22. The zero-order chi connectivity index (χ0) is 13.6. The fourth-order valence-corrected chi connectivity index (χ4v) is 1.86. The molecule has 0 saturated carbocycles. The van der Waals surface area contributed by atoms with Crippen LogP contribution in [0.5, 0.6) is 0 Å². The van der Waals surface area contributed by atoms with E-state index in [1.807, 2.05) is 0 Å². The first-order valence-corrected chi connectivity index (χ1v) is 6.35. The Hall–Kier alpha value is -0.450. The van der Waals surface area contributed by atoms with Gasteiger partial charge in [0, 0.05) is 23.0 Å². The molecule has 102 valence electrons. The largest absolute Gasteiger partial charge is 0.389 e. The van der Waals surface area contributed by atoms with Gasteiger partial charge in [-0.25, -0.2) is 0 Å². The van der Waals surface area contributed by atoms with Crippen LogP contribution in [0.2, 0.25) is 10.0 Å². The summed E-state index contributed by atoms with van der Waals surface area (Å²) >= 11 is 11.8. The smallest absolute Gasteiger partial charge is 0.313 e. The molecule has 0 aliphatic carbocycles. The molecule has 0 amide bonds. The lowest BCUT2D eigenvalue weighted by atomic mass is 10.2. The first-order valence-electron chi connectivity index (χ1n) is 5.60. The molecule has 0 aliphatic rings. The summed E-state index contributed by atoms with van der Waals surface area (Å²) < 4.78 is 35.6. The van der Waals surface area contributed by atoms with Gasteiger partial charge in [0.2, 0.25) is 0 Å². The van der Waals surface area contributed by atoms with Crippen molar-refractivity contribution in [2.75, 3.05) is 6.54 Å². The van der Waals surface area contributed by atoms with Crippen molar-refractivity contribution in [2.45, 2.75) is 32.0 Å². The molecule has 0 bridgehead atoms. The second-order valence-electron chi connectivity index (χ2n) is 3.98. The monoisotopic (exact) mass is 299 g/mol. The first-order chi connectivity index (χ1) is 8.38. The maximum absolute atomic E-state index is 11.9. The van der Waals surface area contributed by atoms with Crippen LogP contribution in [0.15, 0.2) is 18.2 Å². The molecule has 0 saturated heterocycles. The third-order valence-electron chi connectivity index (χ3n) is 2.39. The predicted molar refractivity (Wildman–Crippen MR) is 68.1 cm³/mol. The van der Waals surface area contributed by atoms with Crippen LogP contribution in [-0.2, 0) is 6.54 Å². The van der Waals surface area contributed by atoms with E-state index in [1.54, 1.807) is 18.2 Å². The van der Waals surface area contributed by atoms with Crippen LogP contribution < -0.4 is 5.32 Å². The van der Waals surface area contributed by atoms with Crippen molar-refractivity contribution in [1.82, 2.24) is 5.32 Å². The Labute approximate surface area is 114 Å². The Morgan fingerprint density at radius 1 is 1.11 bits per heavy atom. The van der Waals surface area contributed by atoms with E-state index in [2.05, 4.69) is 5.32 Å². The number of hydrogen-bond donors (Lipinski definition) is 1. The summed E-state index contributed by atoms with van der Waals surface area (Å²) in [7, 11) is 0. The molecule has 0 aliphatic heterocycles. The molecule has 1 aromatic carbocycles. The average Bonchev–Trinajstić information content (AvgIpc) is 2.26. The molecule has 1 aromatic rings. The quantitative estimate of drug-likeness (QED) is 0.743. The Balaban J connectivity index is 2.20. The van der Waals surface area contributed by atoms with Gasteiger partial charge in [-0.15, -0.1) is 0 Å². The van der Waals surface area contributed by atoms with Crippen molar-refractivity contribution in [1.29, 1.82) is 0 Å². The maximum Gasteiger partial charge on any atom is 0.389 e. The van der Waals surface area contributed by atoms with Gasteiger partial charge in [-0.1, -0.05) is 23.2 Å². The van der Waals surface area contributed by atoms with Gasteiger partial charge in [-0.2, -0.15) is 13.2 Å². The van der Waals surface area contributed by atoms with E-state index in [1.165, 1.54) is 0 Å². The van der Waals surface area contributed by atoms with E-state index in [9.17, 15) is 13.2 Å². The number of halogens is 5. The molecule has 0 aromatic heterocycles. The molecular formula is C12H14Cl2F3N. The SMILES string of the molecule is FC(F)(F)CCCCNCc1cc(Cl)ccc1Cl. The molecule has 0 spiro atoms. The molecule has 0 atom stereocenters. The standard InChI is InChI=1S/C12H14Cl2F3N/c13-10-3-4-11(14)9(7-10)8-18-6-2-1-5-12(15,16)17/h3-4,7,18H,1-2,5-6,8H2. The van der Waals surface area contributed by atoms with Crippen LogP contribution in [0.1, 0.15) is 24.8 Å². The molecule has 1 rings (SSSR count). The van der Waals surface area contributed by atoms with Crippen molar-refractivity contribution in [3.05, 3.63) is 33.8 Å². The summed E-state index contributed by atoms with van der Waals surface area (Å²) in [6.07, 6.45) is -4.17. The van der Waals surface area contributed by atoms with Gasteiger partial charge in [-0.3, -0.25) is 0 Å². The Kier molecular flexibility index (Phi) is 6.26. The predicted octanol–water partition coefficient (Wildman–Crippen LogP) is 4.82. The average molecular weight is 300 g/mol. The minimum absolute atomic E-state index is 0.139. The molecule has 1 nitrogen and oxygen atoms in total. The van der Waals surface area contributed by atoms with Crippen molar-refractivity contribution >= 4 is 23.2 Å². The zero-order valence-corrected chi connectivity index (χ0v) is 11.2. The van der Waals surface area contributed by atoms with E-state index >= 15 is 0 Å². The molecular weight excluding hydrogens is 286 g/mol. The number of alkyl halides is 3. The molecule has 6 heteroatoms. The van der Waals surface area contributed by atoms with Gasteiger partial charge in [-0.05, 0) is 43.1 Å². The fourth-order valence-electron chi connectivity index (χ4n) is 1.48. The second-order valence-corrected chi connectivity index (χ2v) is 4.83. The van der Waals surface area contributed by atoms with Crippen LogP contribution in [0.3, 0.4) is 0 Å². The Morgan fingerprint density at radius 2 is 1.83 bits per heavy atom. The molecule has 0 heterocycles. The minimum atomic E-state index is -4.06. The topological polar surface area (TPSA) is 12.0 Å². The van der Waals surface area contributed by atoms with Gasteiger partial charge < -0.3 is 5.32 Å². The Bertz CT molecular complexity index is 380. The zero-order valence-electron chi connectivity index (χ0n) is 9.66. The highest BCUT2D eigenvalue weighted by molar-refractivity contribution is 6.33. The van der Waals surface area contributed by atoms with Crippen molar-refractivity contribution < 1.29 is 13.2 Å². The molecule has 1 N–H and O–H groups in total. The van der Waals surface area contributed by atoms with Gasteiger partial charge >= 0.3 is 6.18 Å². The first kappa shape index (κ1) is 15.6. The van der Waals surface area contributed by atoms with Crippen molar-refractivity contribution in [3.8, 4) is 0 Å². The lowest BCUT2D eigenvalue weighted by Crippen LogP contribution is -2.16. The summed E-state index contributed by atoms with van der Waals surface area (Å²) in [6, 6.07) is 5.13. The van der Waals surface area contributed by atoms with E-state index < -0.39 is 12.6 Å².